The third kappa shape index (κ3) is 5.15. The van der Waals surface area contributed by atoms with Crippen molar-refractivity contribution in [3.63, 3.8) is 0 Å². The van der Waals surface area contributed by atoms with E-state index in [9.17, 15) is 9.59 Å². The van der Waals surface area contributed by atoms with Crippen molar-refractivity contribution in [2.24, 2.45) is 0 Å². The normalized spacial score (nSPS) is 14.5. The summed E-state index contributed by atoms with van der Waals surface area (Å²) < 4.78 is 5.13. The number of hydrogen-bond donors (Lipinski definition) is 1. The molecule has 0 aromatic heterocycles. The second-order valence-corrected chi connectivity index (χ2v) is 7.20. The van der Waals surface area contributed by atoms with E-state index in [2.05, 4.69) is 22.0 Å². The quantitative estimate of drug-likeness (QED) is 0.758. The van der Waals surface area contributed by atoms with Crippen molar-refractivity contribution in [2.75, 3.05) is 49.5 Å². The summed E-state index contributed by atoms with van der Waals surface area (Å²) in [5.74, 6) is -0.580. The van der Waals surface area contributed by atoms with Gasteiger partial charge in [0.15, 0.2) is 0 Å². The van der Waals surface area contributed by atoms with Crippen LogP contribution in [0.4, 0.5) is 11.4 Å². The van der Waals surface area contributed by atoms with E-state index in [1.165, 1.54) is 0 Å². The Hall–Kier alpha value is -2.86. The molecule has 2 aromatic carbocycles. The molecule has 2 aromatic rings. The van der Waals surface area contributed by atoms with Gasteiger partial charge in [-0.25, -0.2) is 4.79 Å². The number of hydrogen-bond acceptors (Lipinski definition) is 5. The molecular weight excluding hydrogens is 366 g/mol. The lowest BCUT2D eigenvalue weighted by Gasteiger charge is -2.36. The summed E-state index contributed by atoms with van der Waals surface area (Å²) in [4.78, 5) is 29.7. The van der Waals surface area contributed by atoms with E-state index in [0.29, 0.717) is 23.4 Å². The zero-order valence-corrected chi connectivity index (χ0v) is 17.4. The highest BCUT2D eigenvalue weighted by Crippen LogP contribution is 2.29. The van der Waals surface area contributed by atoms with E-state index in [-0.39, 0.29) is 11.9 Å². The van der Waals surface area contributed by atoms with E-state index >= 15 is 0 Å². The molecule has 1 fully saturated rings. The number of rotatable bonds is 6. The lowest BCUT2D eigenvalue weighted by atomic mass is 10.1. The zero-order valence-electron chi connectivity index (χ0n) is 17.4. The molecule has 6 heteroatoms. The molecule has 0 bridgehead atoms. The Balaban J connectivity index is 1.89. The van der Waals surface area contributed by atoms with Crippen molar-refractivity contribution in [3.8, 4) is 0 Å². The molecule has 0 saturated carbocycles. The molecule has 1 aliphatic heterocycles. The maximum absolute atomic E-state index is 12.9. The molecule has 1 heterocycles. The first kappa shape index (κ1) is 20.9. The number of ether oxygens (including phenoxy) is 1. The van der Waals surface area contributed by atoms with Crippen molar-refractivity contribution < 1.29 is 14.3 Å². The van der Waals surface area contributed by atoms with Crippen LogP contribution in [0.2, 0.25) is 0 Å². The van der Waals surface area contributed by atoms with Gasteiger partial charge in [-0.05, 0) is 50.7 Å². The minimum Gasteiger partial charge on any atom is -0.462 e. The molecule has 1 amide bonds. The highest BCUT2D eigenvalue weighted by Gasteiger charge is 2.21. The zero-order chi connectivity index (χ0) is 20.8. The summed E-state index contributed by atoms with van der Waals surface area (Å²) in [7, 11) is 0. The molecule has 0 atom stereocenters. The average molecular weight is 396 g/mol. The van der Waals surface area contributed by atoms with Gasteiger partial charge in [-0.2, -0.15) is 0 Å². The van der Waals surface area contributed by atoms with Crippen molar-refractivity contribution in [2.45, 2.75) is 20.8 Å². The second kappa shape index (κ2) is 9.56. The smallest absolute Gasteiger partial charge is 0.338 e. The number of aryl methyl sites for hydroxylation is 1. The highest BCUT2D eigenvalue weighted by atomic mass is 16.5. The molecule has 6 nitrogen and oxygen atoms in total. The molecule has 1 saturated heterocycles. The van der Waals surface area contributed by atoms with Gasteiger partial charge in [0.05, 0.1) is 23.5 Å². The second-order valence-electron chi connectivity index (χ2n) is 7.20. The highest BCUT2D eigenvalue weighted by molar-refractivity contribution is 6.07. The Morgan fingerprint density at radius 3 is 2.41 bits per heavy atom. The molecule has 1 aliphatic rings. The van der Waals surface area contributed by atoms with Crippen LogP contribution < -0.4 is 10.2 Å². The number of nitrogens with one attached hydrogen (secondary N) is 1. The van der Waals surface area contributed by atoms with Crippen LogP contribution in [-0.2, 0) is 4.74 Å². The summed E-state index contributed by atoms with van der Waals surface area (Å²) in [6.07, 6.45) is 0. The van der Waals surface area contributed by atoms with Crippen molar-refractivity contribution in [3.05, 3.63) is 59.2 Å². The predicted molar refractivity (Wildman–Crippen MR) is 116 cm³/mol. The largest absolute Gasteiger partial charge is 0.462 e. The van der Waals surface area contributed by atoms with Crippen LogP contribution in [-0.4, -0.2) is 56.1 Å². The monoisotopic (exact) mass is 395 g/mol. The predicted octanol–water partition coefficient (Wildman–Crippen LogP) is 3.57. The number of anilines is 2. The van der Waals surface area contributed by atoms with Crippen LogP contribution in [0.5, 0.6) is 0 Å². The van der Waals surface area contributed by atoms with Gasteiger partial charge < -0.3 is 19.9 Å². The number of likely N-dealkylation sites (N-methyl/N-ethyl adjacent to an activating group) is 1. The third-order valence-corrected chi connectivity index (χ3v) is 5.20. The molecule has 29 heavy (non-hydrogen) atoms. The average Bonchev–Trinajstić information content (AvgIpc) is 2.74. The Morgan fingerprint density at radius 2 is 1.76 bits per heavy atom. The molecule has 0 unspecified atom stereocenters. The number of benzene rings is 2. The van der Waals surface area contributed by atoms with Crippen molar-refractivity contribution in [1.29, 1.82) is 0 Å². The minimum absolute atomic E-state index is 0.192. The van der Waals surface area contributed by atoms with Crippen molar-refractivity contribution >= 4 is 23.3 Å². The van der Waals surface area contributed by atoms with E-state index in [1.54, 1.807) is 25.1 Å². The molecule has 3 rings (SSSR count). The van der Waals surface area contributed by atoms with Crippen LogP contribution >= 0.6 is 0 Å². The number of carbonyl (C=O) groups excluding carboxylic acids is 2. The number of carbonyl (C=O) groups is 2. The SMILES string of the molecule is CCOC(=O)c1ccc(N2CCN(CC)CC2)c(NC(=O)c2cccc(C)c2)c1. The molecule has 0 radical (unpaired) electrons. The fourth-order valence-corrected chi connectivity index (χ4v) is 3.54. The number of piperazine rings is 1. The Morgan fingerprint density at radius 1 is 1.00 bits per heavy atom. The topological polar surface area (TPSA) is 61.9 Å². The summed E-state index contributed by atoms with van der Waals surface area (Å²) in [5, 5.41) is 3.01. The van der Waals surface area contributed by atoms with E-state index in [4.69, 9.17) is 4.74 Å². The summed E-state index contributed by atoms with van der Waals surface area (Å²) >= 11 is 0. The molecule has 1 N–H and O–H groups in total. The first-order valence-corrected chi connectivity index (χ1v) is 10.2. The fraction of sp³-hybridized carbons (Fsp3) is 0.391. The maximum Gasteiger partial charge on any atom is 0.338 e. The Kier molecular flexibility index (Phi) is 6.88. The molecule has 0 spiro atoms. The van der Waals surface area contributed by atoms with E-state index in [0.717, 1.165) is 44.0 Å². The first-order valence-electron chi connectivity index (χ1n) is 10.2. The van der Waals surface area contributed by atoms with E-state index in [1.807, 2.05) is 31.2 Å². The van der Waals surface area contributed by atoms with Gasteiger partial charge in [-0.1, -0.05) is 24.6 Å². The standard InChI is InChI=1S/C23H29N3O3/c1-4-25-11-13-26(14-12-25)21-10-9-19(23(28)29-5-2)16-20(21)24-22(27)18-8-6-7-17(3)15-18/h6-10,15-16H,4-5,11-14H2,1-3H3,(H,24,27). The molecular formula is C23H29N3O3. The van der Waals surface area contributed by atoms with Crippen LogP contribution in [0, 0.1) is 6.92 Å². The van der Waals surface area contributed by atoms with Crippen LogP contribution in [0.25, 0.3) is 0 Å². The van der Waals surface area contributed by atoms with Crippen LogP contribution in [0.15, 0.2) is 42.5 Å². The first-order chi connectivity index (χ1) is 14.0. The van der Waals surface area contributed by atoms with Gasteiger partial charge in [0.25, 0.3) is 5.91 Å². The number of nitrogens with zero attached hydrogens (tertiary/aromatic N) is 2. The Labute approximate surface area is 172 Å². The Bertz CT molecular complexity index is 873. The third-order valence-electron chi connectivity index (χ3n) is 5.20. The summed E-state index contributed by atoms with van der Waals surface area (Å²) in [5.41, 5.74) is 3.60. The van der Waals surface area contributed by atoms with Gasteiger partial charge >= 0.3 is 5.97 Å². The van der Waals surface area contributed by atoms with Gasteiger partial charge in [-0.15, -0.1) is 0 Å². The lowest BCUT2D eigenvalue weighted by molar-refractivity contribution is 0.0526. The van der Waals surface area contributed by atoms with Gasteiger partial charge in [0.1, 0.15) is 0 Å². The van der Waals surface area contributed by atoms with E-state index < -0.39 is 0 Å². The van der Waals surface area contributed by atoms with Crippen LogP contribution in [0.1, 0.15) is 40.1 Å². The summed E-state index contributed by atoms with van der Waals surface area (Å²) in [6, 6.07) is 12.8. The number of esters is 1. The molecule has 0 aliphatic carbocycles. The van der Waals surface area contributed by atoms with Crippen LogP contribution in [0.3, 0.4) is 0 Å². The number of amides is 1. The fourth-order valence-electron chi connectivity index (χ4n) is 3.54. The lowest BCUT2D eigenvalue weighted by Crippen LogP contribution is -2.46. The maximum atomic E-state index is 12.9. The molecule has 154 valence electrons. The minimum atomic E-state index is -0.388. The summed E-state index contributed by atoms with van der Waals surface area (Å²) in [6.45, 7) is 10.9. The van der Waals surface area contributed by atoms with Crippen molar-refractivity contribution in [1.82, 2.24) is 4.90 Å². The van der Waals surface area contributed by atoms with Gasteiger partial charge in [-0.3, -0.25) is 4.79 Å². The van der Waals surface area contributed by atoms with Gasteiger partial charge in [0, 0.05) is 31.7 Å². The van der Waals surface area contributed by atoms with Gasteiger partial charge in [0.2, 0.25) is 0 Å².